The summed E-state index contributed by atoms with van der Waals surface area (Å²) in [6.45, 7) is 7.59. The maximum absolute atomic E-state index is 11.2. The molecule has 0 spiro atoms. The van der Waals surface area contributed by atoms with Crippen LogP contribution in [0.4, 0.5) is 0 Å². The topological polar surface area (TPSA) is 137 Å². The van der Waals surface area contributed by atoms with Gasteiger partial charge in [-0.3, -0.25) is 0 Å². The van der Waals surface area contributed by atoms with Gasteiger partial charge in [0.2, 0.25) is 6.29 Å². The van der Waals surface area contributed by atoms with Crippen LogP contribution in [-0.2, 0) is 9.53 Å². The summed E-state index contributed by atoms with van der Waals surface area (Å²) in [6.07, 6.45) is -8.37. The first-order valence-corrected chi connectivity index (χ1v) is 8.50. The highest BCUT2D eigenvalue weighted by Crippen LogP contribution is 2.38. The molecular weight excluding hydrogens is 344 g/mol. The Bertz CT molecular complexity index is 628. The van der Waals surface area contributed by atoms with Gasteiger partial charge < -0.3 is 35.0 Å². The summed E-state index contributed by atoms with van der Waals surface area (Å²) in [6, 6.07) is 3.16. The molecule has 1 aliphatic heterocycles. The van der Waals surface area contributed by atoms with Crippen LogP contribution in [0.15, 0.2) is 12.1 Å². The molecular formula is C18H26O8. The first-order chi connectivity index (χ1) is 12.0. The highest BCUT2D eigenvalue weighted by molar-refractivity contribution is 5.73. The summed E-state index contributed by atoms with van der Waals surface area (Å²) in [7, 11) is 0. The fourth-order valence-corrected chi connectivity index (χ4v) is 2.88. The van der Waals surface area contributed by atoms with E-state index in [2.05, 4.69) is 0 Å². The molecule has 0 amide bonds. The van der Waals surface area contributed by atoms with E-state index in [9.17, 15) is 25.2 Å². The summed E-state index contributed by atoms with van der Waals surface area (Å²) in [5.74, 6) is -1.08. The summed E-state index contributed by atoms with van der Waals surface area (Å²) >= 11 is 0. The van der Waals surface area contributed by atoms with E-state index in [0.717, 1.165) is 0 Å². The minimum absolute atomic E-state index is 0.00701. The van der Waals surface area contributed by atoms with E-state index >= 15 is 0 Å². The zero-order chi connectivity index (χ0) is 19.8. The van der Waals surface area contributed by atoms with Crippen LogP contribution in [0.1, 0.15) is 50.7 Å². The zero-order valence-corrected chi connectivity index (χ0v) is 15.2. The molecule has 0 aliphatic carbocycles. The molecule has 1 aromatic carbocycles. The fourth-order valence-electron chi connectivity index (χ4n) is 2.88. The molecule has 5 N–H and O–H groups in total. The van der Waals surface area contributed by atoms with Crippen LogP contribution in [0, 0.1) is 0 Å². The number of benzene rings is 1. The highest BCUT2D eigenvalue weighted by atomic mass is 16.7. The van der Waals surface area contributed by atoms with E-state index in [0.29, 0.717) is 11.1 Å². The van der Waals surface area contributed by atoms with Crippen molar-refractivity contribution in [3.8, 4) is 11.5 Å². The maximum atomic E-state index is 11.2. The molecule has 1 heterocycles. The van der Waals surface area contributed by atoms with Crippen LogP contribution in [0.2, 0.25) is 0 Å². The summed E-state index contributed by atoms with van der Waals surface area (Å²) < 4.78 is 10.7. The predicted molar refractivity (Wildman–Crippen MR) is 91.2 cm³/mol. The quantitative estimate of drug-likeness (QED) is 0.516. The number of aliphatic hydroxyl groups excluding tert-OH is 3. The lowest BCUT2D eigenvalue weighted by Gasteiger charge is -2.38. The van der Waals surface area contributed by atoms with Crippen LogP contribution >= 0.6 is 0 Å². The molecule has 26 heavy (non-hydrogen) atoms. The Hall–Kier alpha value is -1.87. The highest BCUT2D eigenvalue weighted by Gasteiger charge is 2.48. The van der Waals surface area contributed by atoms with E-state index in [1.807, 2.05) is 27.7 Å². The number of carboxylic acid groups (broad SMARTS) is 1. The number of hydrogen-bond donors (Lipinski definition) is 5. The van der Waals surface area contributed by atoms with Crippen molar-refractivity contribution in [1.82, 2.24) is 0 Å². The van der Waals surface area contributed by atoms with Gasteiger partial charge in [0.15, 0.2) is 6.10 Å². The Labute approximate surface area is 151 Å². The zero-order valence-electron chi connectivity index (χ0n) is 15.2. The van der Waals surface area contributed by atoms with Gasteiger partial charge in [-0.1, -0.05) is 27.7 Å². The minimum atomic E-state index is -1.78. The average molecular weight is 370 g/mol. The number of ether oxygens (including phenoxy) is 2. The number of rotatable bonds is 5. The van der Waals surface area contributed by atoms with Crippen LogP contribution in [0.3, 0.4) is 0 Å². The molecule has 0 radical (unpaired) electrons. The molecule has 5 atom stereocenters. The normalized spacial score (nSPS) is 29.2. The minimum Gasteiger partial charge on any atom is -0.507 e. The second kappa shape index (κ2) is 7.79. The second-order valence-electron chi connectivity index (χ2n) is 7.11. The number of aliphatic carboxylic acids is 1. The molecule has 146 valence electrons. The maximum Gasteiger partial charge on any atom is 0.335 e. The van der Waals surface area contributed by atoms with E-state index < -0.39 is 36.7 Å². The smallest absolute Gasteiger partial charge is 0.335 e. The molecule has 1 aliphatic rings. The van der Waals surface area contributed by atoms with Gasteiger partial charge in [0.1, 0.15) is 29.8 Å². The van der Waals surface area contributed by atoms with Crippen molar-refractivity contribution < 1.29 is 39.8 Å². The summed E-state index contributed by atoms with van der Waals surface area (Å²) in [5.41, 5.74) is 1.26. The molecule has 1 aromatic rings. The van der Waals surface area contributed by atoms with Crippen LogP contribution in [0.25, 0.3) is 0 Å². The Balaban J connectivity index is 2.35. The van der Waals surface area contributed by atoms with E-state index in [1.165, 1.54) is 0 Å². The fraction of sp³-hybridized carbons (Fsp3) is 0.611. The number of phenols is 1. The molecule has 1 unspecified atom stereocenters. The summed E-state index contributed by atoms with van der Waals surface area (Å²) in [4.78, 5) is 11.2. The number of phenolic OH excluding ortho intramolecular Hbond substituents is 1. The Morgan fingerprint density at radius 3 is 1.92 bits per heavy atom. The third kappa shape index (κ3) is 3.93. The second-order valence-corrected chi connectivity index (χ2v) is 7.11. The van der Waals surface area contributed by atoms with Crippen molar-refractivity contribution in [1.29, 1.82) is 0 Å². The standard InChI is InChI=1S/C18H26O8/c1-7(2)10-5-9(6-11(8(3)4)12(10)19)25-18-15(22)13(20)14(21)16(26-18)17(23)24/h5-8,13-16,18-22H,1-4H3,(H,23,24)/t13-,14+,15-,16?,18+/m1/s1. The van der Waals surface area contributed by atoms with Gasteiger partial charge in [-0.15, -0.1) is 0 Å². The summed E-state index contributed by atoms with van der Waals surface area (Å²) in [5, 5.41) is 49.2. The van der Waals surface area contributed by atoms with E-state index in [1.54, 1.807) is 12.1 Å². The molecule has 8 heteroatoms. The number of hydrogen-bond acceptors (Lipinski definition) is 7. The van der Waals surface area contributed by atoms with Crippen molar-refractivity contribution in [2.75, 3.05) is 0 Å². The van der Waals surface area contributed by atoms with Gasteiger partial charge in [0.25, 0.3) is 0 Å². The first kappa shape index (κ1) is 20.4. The van der Waals surface area contributed by atoms with Gasteiger partial charge in [-0.2, -0.15) is 0 Å². The molecule has 0 saturated carbocycles. The number of aromatic hydroxyl groups is 1. The molecule has 0 aromatic heterocycles. The molecule has 0 bridgehead atoms. The lowest BCUT2D eigenvalue weighted by molar-refractivity contribution is -0.271. The SMILES string of the molecule is CC(C)c1cc(O[C@H]2OC(C(=O)O)[C@@H](O)[C@@H](O)[C@H]2O)cc(C(C)C)c1O. The number of carboxylic acids is 1. The Morgan fingerprint density at radius 1 is 1.00 bits per heavy atom. The first-order valence-electron chi connectivity index (χ1n) is 8.50. The number of aliphatic hydroxyl groups is 3. The Kier molecular flexibility index (Phi) is 6.13. The van der Waals surface area contributed by atoms with Crippen molar-refractivity contribution >= 4 is 5.97 Å². The average Bonchev–Trinajstić information content (AvgIpc) is 2.55. The van der Waals surface area contributed by atoms with Crippen molar-refractivity contribution in [2.24, 2.45) is 0 Å². The third-order valence-corrected chi connectivity index (χ3v) is 4.45. The Morgan fingerprint density at radius 2 is 1.50 bits per heavy atom. The molecule has 1 fully saturated rings. The van der Waals surface area contributed by atoms with Crippen LogP contribution < -0.4 is 4.74 Å². The van der Waals surface area contributed by atoms with Crippen molar-refractivity contribution in [3.05, 3.63) is 23.3 Å². The van der Waals surface area contributed by atoms with Gasteiger partial charge in [-0.05, 0) is 24.0 Å². The van der Waals surface area contributed by atoms with E-state index in [-0.39, 0.29) is 23.3 Å². The molecule has 1 saturated heterocycles. The third-order valence-electron chi connectivity index (χ3n) is 4.45. The monoisotopic (exact) mass is 370 g/mol. The van der Waals surface area contributed by atoms with Crippen molar-refractivity contribution in [2.45, 2.75) is 70.2 Å². The van der Waals surface area contributed by atoms with E-state index in [4.69, 9.17) is 14.6 Å². The predicted octanol–water partition coefficient (Wildman–Crippen LogP) is 0.910. The lowest BCUT2D eigenvalue weighted by Crippen LogP contribution is -2.61. The van der Waals surface area contributed by atoms with Crippen LogP contribution in [0.5, 0.6) is 11.5 Å². The van der Waals surface area contributed by atoms with Gasteiger partial charge in [0.05, 0.1) is 0 Å². The molecule has 2 rings (SSSR count). The van der Waals surface area contributed by atoms with Crippen molar-refractivity contribution in [3.63, 3.8) is 0 Å². The largest absolute Gasteiger partial charge is 0.507 e. The number of carbonyl (C=O) groups is 1. The molecule has 8 nitrogen and oxygen atoms in total. The van der Waals surface area contributed by atoms with Gasteiger partial charge in [-0.25, -0.2) is 4.79 Å². The van der Waals surface area contributed by atoms with Crippen LogP contribution in [-0.4, -0.2) is 62.2 Å². The van der Waals surface area contributed by atoms with Gasteiger partial charge in [0, 0.05) is 11.1 Å². The van der Waals surface area contributed by atoms with Gasteiger partial charge >= 0.3 is 5.97 Å². The lowest BCUT2D eigenvalue weighted by atomic mass is 9.93.